The van der Waals surface area contributed by atoms with Crippen molar-refractivity contribution in [3.63, 3.8) is 0 Å². The highest BCUT2D eigenvalue weighted by Crippen LogP contribution is 2.62. The molecule has 0 heterocycles. The van der Waals surface area contributed by atoms with Crippen LogP contribution < -0.4 is 0 Å². The normalized spacial score (nSPS) is 50.4. The second-order valence-corrected chi connectivity index (χ2v) is 5.96. The van der Waals surface area contributed by atoms with Gasteiger partial charge in [0.1, 0.15) is 0 Å². The van der Waals surface area contributed by atoms with E-state index in [1.807, 2.05) is 5.92 Å². The van der Waals surface area contributed by atoms with Crippen LogP contribution in [-0.4, -0.2) is 0 Å². The molecule has 0 saturated heterocycles. The Bertz CT molecular complexity index is 220. The van der Waals surface area contributed by atoms with E-state index in [4.69, 9.17) is 0 Å². The Kier molecular flexibility index (Phi) is 2.15. The van der Waals surface area contributed by atoms with Crippen LogP contribution in [0, 0.1) is 35.5 Å². The third-order valence-electron chi connectivity index (χ3n) is 5.62. The van der Waals surface area contributed by atoms with Gasteiger partial charge in [0.25, 0.3) is 0 Å². The average Bonchev–Trinajstić information content (AvgIpc) is 2.86. The molecule has 0 N–H and O–H groups in total. The zero-order valence-electron chi connectivity index (χ0n) is 9.63. The third kappa shape index (κ3) is 1.12. The topological polar surface area (TPSA) is 0 Å². The van der Waals surface area contributed by atoms with Gasteiger partial charge in [-0.1, -0.05) is 20.3 Å². The summed E-state index contributed by atoms with van der Waals surface area (Å²) >= 11 is 0. The molecular formula is C14H23. The van der Waals surface area contributed by atoms with Crippen molar-refractivity contribution >= 4 is 0 Å². The van der Waals surface area contributed by atoms with E-state index < -0.39 is 0 Å². The van der Waals surface area contributed by atoms with Crippen molar-refractivity contribution in [2.24, 2.45) is 29.6 Å². The Morgan fingerprint density at radius 2 is 1.86 bits per heavy atom. The first kappa shape index (κ1) is 9.24. The lowest BCUT2D eigenvalue weighted by atomic mass is 9.71. The molecule has 3 rings (SSSR count). The zero-order valence-corrected chi connectivity index (χ0v) is 9.63. The monoisotopic (exact) mass is 191 g/mol. The van der Waals surface area contributed by atoms with E-state index in [9.17, 15) is 0 Å². The predicted molar refractivity (Wildman–Crippen MR) is 59.7 cm³/mol. The summed E-state index contributed by atoms with van der Waals surface area (Å²) < 4.78 is 0. The number of hydrogen-bond acceptors (Lipinski definition) is 0. The van der Waals surface area contributed by atoms with Gasteiger partial charge in [-0.2, -0.15) is 0 Å². The van der Waals surface area contributed by atoms with E-state index in [0.717, 1.165) is 23.7 Å². The third-order valence-corrected chi connectivity index (χ3v) is 5.62. The Balaban J connectivity index is 1.77. The van der Waals surface area contributed by atoms with Gasteiger partial charge in [0.15, 0.2) is 0 Å². The summed E-state index contributed by atoms with van der Waals surface area (Å²) in [5.41, 5.74) is 0. The lowest BCUT2D eigenvalue weighted by molar-refractivity contribution is 0.194. The maximum absolute atomic E-state index is 2.41. The average molecular weight is 191 g/mol. The molecule has 3 aliphatic rings. The van der Waals surface area contributed by atoms with E-state index >= 15 is 0 Å². The van der Waals surface area contributed by atoms with Gasteiger partial charge in [0.2, 0.25) is 0 Å². The summed E-state index contributed by atoms with van der Waals surface area (Å²) in [7, 11) is 0. The first-order valence-electron chi connectivity index (χ1n) is 6.63. The van der Waals surface area contributed by atoms with Crippen LogP contribution in [0.2, 0.25) is 0 Å². The van der Waals surface area contributed by atoms with Crippen molar-refractivity contribution in [1.29, 1.82) is 0 Å². The summed E-state index contributed by atoms with van der Waals surface area (Å²) in [4.78, 5) is 0. The molecule has 2 bridgehead atoms. The Labute approximate surface area is 88.5 Å². The minimum atomic E-state index is 1.03. The molecule has 1 radical (unpaired) electrons. The van der Waals surface area contributed by atoms with Crippen LogP contribution in [0.4, 0.5) is 0 Å². The highest BCUT2D eigenvalue weighted by atomic mass is 14.6. The van der Waals surface area contributed by atoms with Crippen molar-refractivity contribution < 1.29 is 0 Å². The molecule has 0 amide bonds. The fourth-order valence-electron chi connectivity index (χ4n) is 4.90. The number of rotatable bonds is 2. The van der Waals surface area contributed by atoms with Crippen LogP contribution in [0.25, 0.3) is 0 Å². The van der Waals surface area contributed by atoms with Gasteiger partial charge in [-0.05, 0) is 67.6 Å². The van der Waals surface area contributed by atoms with Crippen LogP contribution in [-0.2, 0) is 0 Å². The highest BCUT2D eigenvalue weighted by molar-refractivity contribution is 5.09. The smallest absolute Gasteiger partial charge is 0.0241 e. The molecule has 0 heteroatoms. The second kappa shape index (κ2) is 3.25. The summed E-state index contributed by atoms with van der Waals surface area (Å²) in [5, 5.41) is 0. The fourth-order valence-corrected chi connectivity index (χ4v) is 4.90. The van der Waals surface area contributed by atoms with E-state index in [0.29, 0.717) is 0 Å². The van der Waals surface area contributed by atoms with E-state index in [-0.39, 0.29) is 0 Å². The maximum atomic E-state index is 2.41. The molecule has 0 aromatic rings. The lowest BCUT2D eigenvalue weighted by Gasteiger charge is -2.34. The molecule has 5 atom stereocenters. The van der Waals surface area contributed by atoms with Gasteiger partial charge in [0.05, 0.1) is 0 Å². The quantitative estimate of drug-likeness (QED) is 0.617. The summed E-state index contributed by atoms with van der Waals surface area (Å²) in [6.07, 6.45) is 9.16. The Morgan fingerprint density at radius 3 is 2.64 bits per heavy atom. The fraction of sp³-hybridized carbons (Fsp3) is 0.929. The number of hydrogen-bond donors (Lipinski definition) is 0. The van der Waals surface area contributed by atoms with Crippen molar-refractivity contribution in [2.75, 3.05) is 0 Å². The molecule has 0 aliphatic heterocycles. The van der Waals surface area contributed by atoms with Crippen molar-refractivity contribution in [1.82, 2.24) is 0 Å². The van der Waals surface area contributed by atoms with Gasteiger partial charge >= 0.3 is 0 Å². The molecule has 5 unspecified atom stereocenters. The van der Waals surface area contributed by atoms with Gasteiger partial charge in [-0.3, -0.25) is 0 Å². The lowest BCUT2D eigenvalue weighted by Crippen LogP contribution is -2.27. The van der Waals surface area contributed by atoms with Crippen LogP contribution >= 0.6 is 0 Å². The first-order chi connectivity index (χ1) is 6.81. The van der Waals surface area contributed by atoms with E-state index in [1.165, 1.54) is 12.3 Å². The standard InChI is InChI=1S/C14H23/c1-3-9(2)13-7-10-8-14(13)12-6-4-5-11(10)12/h10-14H,3-8H2,1-2H3. The molecule has 0 nitrogen and oxygen atoms in total. The van der Waals surface area contributed by atoms with Crippen molar-refractivity contribution in [3.05, 3.63) is 5.92 Å². The Hall–Kier alpha value is 0. The molecular weight excluding hydrogens is 168 g/mol. The molecule has 0 spiro atoms. The van der Waals surface area contributed by atoms with Crippen LogP contribution in [0.3, 0.4) is 0 Å². The molecule has 3 saturated carbocycles. The number of fused-ring (bicyclic) bond motifs is 5. The van der Waals surface area contributed by atoms with Gasteiger partial charge < -0.3 is 0 Å². The maximum Gasteiger partial charge on any atom is -0.0241 e. The van der Waals surface area contributed by atoms with Crippen LogP contribution in [0.1, 0.15) is 52.4 Å². The Morgan fingerprint density at radius 1 is 1.07 bits per heavy atom. The minimum Gasteiger partial charge on any atom is -0.0648 e. The van der Waals surface area contributed by atoms with Gasteiger partial charge in [0, 0.05) is 0 Å². The van der Waals surface area contributed by atoms with Gasteiger partial charge in [-0.25, -0.2) is 0 Å². The van der Waals surface area contributed by atoms with Crippen LogP contribution in [0.15, 0.2) is 0 Å². The highest BCUT2D eigenvalue weighted by Gasteiger charge is 2.54. The molecule has 0 aromatic heterocycles. The molecule has 0 aromatic carbocycles. The zero-order chi connectivity index (χ0) is 9.71. The largest absolute Gasteiger partial charge is 0.0648 e. The molecule has 14 heavy (non-hydrogen) atoms. The minimum absolute atomic E-state index is 1.03. The molecule has 79 valence electrons. The SMILES string of the molecule is CC[C](C)C1CC2CC1C1CCCC21. The molecule has 3 fully saturated rings. The summed E-state index contributed by atoms with van der Waals surface area (Å²) in [6.45, 7) is 4.75. The summed E-state index contributed by atoms with van der Waals surface area (Å²) in [5.74, 6) is 7.42. The van der Waals surface area contributed by atoms with E-state index in [1.54, 1.807) is 32.1 Å². The van der Waals surface area contributed by atoms with Crippen molar-refractivity contribution in [2.45, 2.75) is 52.4 Å². The summed E-state index contributed by atoms with van der Waals surface area (Å²) in [6, 6.07) is 0. The van der Waals surface area contributed by atoms with Crippen LogP contribution in [0.5, 0.6) is 0 Å². The predicted octanol–water partition coefficient (Wildman–Crippen LogP) is 4.06. The van der Waals surface area contributed by atoms with E-state index in [2.05, 4.69) is 13.8 Å². The van der Waals surface area contributed by atoms with Crippen molar-refractivity contribution in [3.8, 4) is 0 Å². The first-order valence-corrected chi connectivity index (χ1v) is 6.63. The second-order valence-electron chi connectivity index (χ2n) is 5.96. The van der Waals surface area contributed by atoms with Gasteiger partial charge in [-0.15, -0.1) is 0 Å². The molecule has 3 aliphatic carbocycles.